The number of hydrogen-bond donors (Lipinski definition) is 1. The first-order valence-corrected chi connectivity index (χ1v) is 5.13. The Morgan fingerprint density at radius 2 is 2.00 bits per heavy atom. The van der Waals surface area contributed by atoms with Crippen LogP contribution in [0.15, 0.2) is 36.5 Å². The number of aromatic nitrogens is 2. The molecule has 0 radical (unpaired) electrons. The summed E-state index contributed by atoms with van der Waals surface area (Å²) in [7, 11) is 1.93. The van der Waals surface area contributed by atoms with Crippen LogP contribution >= 0.6 is 12.6 Å². The van der Waals surface area contributed by atoms with E-state index in [2.05, 4.69) is 29.9 Å². The molecule has 1 aromatic carbocycles. The smallest absolute Gasteiger partial charge is 0.0963 e. The van der Waals surface area contributed by atoms with Gasteiger partial charge in [-0.15, -0.1) is 0 Å². The van der Waals surface area contributed by atoms with Crippen molar-refractivity contribution in [3.8, 4) is 11.3 Å². The molecule has 2 rings (SSSR count). The molecule has 0 atom stereocenters. The van der Waals surface area contributed by atoms with Crippen molar-refractivity contribution < 1.29 is 0 Å². The fraction of sp³-hybridized carbons (Fsp3) is 0.182. The van der Waals surface area contributed by atoms with Gasteiger partial charge in [0.1, 0.15) is 0 Å². The van der Waals surface area contributed by atoms with E-state index in [1.807, 2.05) is 36.1 Å². The van der Waals surface area contributed by atoms with Gasteiger partial charge in [0.15, 0.2) is 0 Å². The molecule has 0 N–H and O–H groups in total. The van der Waals surface area contributed by atoms with E-state index in [0.717, 1.165) is 17.0 Å². The zero-order valence-electron chi connectivity index (χ0n) is 8.01. The van der Waals surface area contributed by atoms with Crippen molar-refractivity contribution in [2.75, 3.05) is 0 Å². The highest BCUT2D eigenvalue weighted by Crippen LogP contribution is 2.22. The fourth-order valence-corrected chi connectivity index (χ4v) is 1.72. The molecule has 3 heteroatoms. The first-order valence-electron chi connectivity index (χ1n) is 4.50. The first kappa shape index (κ1) is 9.34. The first-order chi connectivity index (χ1) is 6.81. The van der Waals surface area contributed by atoms with Crippen molar-refractivity contribution in [3.63, 3.8) is 0 Å². The Hall–Kier alpha value is -1.22. The molecule has 0 aliphatic carbocycles. The van der Waals surface area contributed by atoms with Gasteiger partial charge in [-0.25, -0.2) is 0 Å². The summed E-state index contributed by atoms with van der Waals surface area (Å²) >= 11 is 4.29. The molecule has 0 saturated heterocycles. The van der Waals surface area contributed by atoms with E-state index in [9.17, 15) is 0 Å². The van der Waals surface area contributed by atoms with Crippen LogP contribution in [0, 0.1) is 0 Å². The molecule has 0 spiro atoms. The Balaban J connectivity index is 2.51. The Labute approximate surface area is 89.0 Å². The second-order valence-corrected chi connectivity index (χ2v) is 3.52. The Morgan fingerprint density at radius 1 is 1.29 bits per heavy atom. The SMILES string of the molecule is Cn1cc(CS)c(-c2ccccc2)n1. The summed E-state index contributed by atoms with van der Waals surface area (Å²) in [5.41, 5.74) is 3.35. The molecular formula is C11H12N2S. The van der Waals surface area contributed by atoms with Crippen molar-refractivity contribution in [2.45, 2.75) is 5.75 Å². The molecule has 2 nitrogen and oxygen atoms in total. The quantitative estimate of drug-likeness (QED) is 0.744. The molecule has 0 amide bonds. The lowest BCUT2D eigenvalue weighted by atomic mass is 10.1. The second-order valence-electron chi connectivity index (χ2n) is 3.20. The van der Waals surface area contributed by atoms with Crippen LogP contribution in [0.3, 0.4) is 0 Å². The molecule has 1 heterocycles. The number of rotatable bonds is 2. The molecule has 0 bridgehead atoms. The topological polar surface area (TPSA) is 17.8 Å². The fourth-order valence-electron chi connectivity index (χ4n) is 1.49. The van der Waals surface area contributed by atoms with E-state index in [4.69, 9.17) is 0 Å². The predicted molar refractivity (Wildman–Crippen MR) is 61.3 cm³/mol. The molecule has 0 saturated carbocycles. The maximum absolute atomic E-state index is 4.42. The minimum atomic E-state index is 0.720. The Bertz CT molecular complexity index is 420. The third kappa shape index (κ3) is 1.68. The van der Waals surface area contributed by atoms with Crippen molar-refractivity contribution in [1.29, 1.82) is 0 Å². The van der Waals surface area contributed by atoms with E-state index in [0.29, 0.717) is 0 Å². The summed E-state index contributed by atoms with van der Waals surface area (Å²) in [4.78, 5) is 0. The van der Waals surface area contributed by atoms with Crippen LogP contribution in [-0.4, -0.2) is 9.78 Å². The minimum absolute atomic E-state index is 0.720. The van der Waals surface area contributed by atoms with Gasteiger partial charge < -0.3 is 0 Å². The molecule has 0 fully saturated rings. The van der Waals surface area contributed by atoms with Crippen LogP contribution in [0.2, 0.25) is 0 Å². The lowest BCUT2D eigenvalue weighted by Gasteiger charge is -1.98. The van der Waals surface area contributed by atoms with Gasteiger partial charge in [-0.05, 0) is 0 Å². The summed E-state index contributed by atoms with van der Waals surface area (Å²) in [6.45, 7) is 0. The normalized spacial score (nSPS) is 10.4. The average Bonchev–Trinajstić information content (AvgIpc) is 2.61. The van der Waals surface area contributed by atoms with E-state index in [-0.39, 0.29) is 0 Å². The zero-order valence-corrected chi connectivity index (χ0v) is 8.91. The number of benzene rings is 1. The van der Waals surface area contributed by atoms with Gasteiger partial charge in [-0.2, -0.15) is 17.7 Å². The summed E-state index contributed by atoms with van der Waals surface area (Å²) < 4.78 is 1.83. The van der Waals surface area contributed by atoms with E-state index < -0.39 is 0 Å². The van der Waals surface area contributed by atoms with Crippen LogP contribution in [0.25, 0.3) is 11.3 Å². The van der Waals surface area contributed by atoms with Crippen molar-refractivity contribution >= 4 is 12.6 Å². The summed E-state index contributed by atoms with van der Waals surface area (Å²) in [6.07, 6.45) is 2.01. The lowest BCUT2D eigenvalue weighted by molar-refractivity contribution is 0.770. The average molecular weight is 204 g/mol. The van der Waals surface area contributed by atoms with Gasteiger partial charge >= 0.3 is 0 Å². The standard InChI is InChI=1S/C11H12N2S/c1-13-7-10(8-14)11(12-13)9-5-3-2-4-6-9/h2-7,14H,8H2,1H3. The molecule has 2 aromatic rings. The second kappa shape index (κ2) is 3.88. The molecular weight excluding hydrogens is 192 g/mol. The Morgan fingerprint density at radius 3 is 2.64 bits per heavy atom. The number of nitrogens with zero attached hydrogens (tertiary/aromatic N) is 2. The molecule has 1 aromatic heterocycles. The molecule has 0 unspecified atom stereocenters. The summed E-state index contributed by atoms with van der Waals surface area (Å²) in [5, 5.41) is 4.42. The zero-order chi connectivity index (χ0) is 9.97. The minimum Gasteiger partial charge on any atom is -0.275 e. The van der Waals surface area contributed by atoms with Crippen LogP contribution in [-0.2, 0) is 12.8 Å². The molecule has 14 heavy (non-hydrogen) atoms. The van der Waals surface area contributed by atoms with Crippen LogP contribution in [0.4, 0.5) is 0 Å². The number of hydrogen-bond acceptors (Lipinski definition) is 2. The van der Waals surface area contributed by atoms with Gasteiger partial charge in [0.25, 0.3) is 0 Å². The highest BCUT2D eigenvalue weighted by atomic mass is 32.1. The largest absolute Gasteiger partial charge is 0.275 e. The van der Waals surface area contributed by atoms with Crippen LogP contribution in [0.1, 0.15) is 5.56 Å². The maximum atomic E-state index is 4.42. The van der Waals surface area contributed by atoms with Crippen molar-refractivity contribution in [3.05, 3.63) is 42.1 Å². The molecule has 0 aliphatic heterocycles. The molecule has 0 aliphatic rings. The van der Waals surface area contributed by atoms with Crippen LogP contribution < -0.4 is 0 Å². The predicted octanol–water partition coefficient (Wildman–Crippen LogP) is 2.52. The van der Waals surface area contributed by atoms with E-state index in [1.54, 1.807) is 0 Å². The van der Waals surface area contributed by atoms with Gasteiger partial charge in [-0.3, -0.25) is 4.68 Å². The summed E-state index contributed by atoms with van der Waals surface area (Å²) in [5.74, 6) is 0.720. The maximum Gasteiger partial charge on any atom is 0.0963 e. The van der Waals surface area contributed by atoms with Crippen LogP contribution in [0.5, 0.6) is 0 Å². The highest BCUT2D eigenvalue weighted by Gasteiger charge is 2.07. The number of thiol groups is 1. The van der Waals surface area contributed by atoms with Gasteiger partial charge in [0.2, 0.25) is 0 Å². The lowest BCUT2D eigenvalue weighted by Crippen LogP contribution is -1.87. The van der Waals surface area contributed by atoms with Gasteiger partial charge in [0, 0.05) is 30.1 Å². The van der Waals surface area contributed by atoms with Gasteiger partial charge in [-0.1, -0.05) is 30.3 Å². The third-order valence-corrected chi connectivity index (χ3v) is 2.46. The monoisotopic (exact) mass is 204 g/mol. The van der Waals surface area contributed by atoms with E-state index in [1.165, 1.54) is 5.56 Å². The Kier molecular flexibility index (Phi) is 2.59. The van der Waals surface area contributed by atoms with Gasteiger partial charge in [0.05, 0.1) is 5.69 Å². The van der Waals surface area contributed by atoms with E-state index >= 15 is 0 Å². The summed E-state index contributed by atoms with van der Waals surface area (Å²) in [6, 6.07) is 10.2. The molecule has 72 valence electrons. The van der Waals surface area contributed by atoms with Crippen molar-refractivity contribution in [2.24, 2.45) is 7.05 Å². The third-order valence-electron chi connectivity index (χ3n) is 2.12. The highest BCUT2D eigenvalue weighted by molar-refractivity contribution is 7.79. The number of aryl methyl sites for hydroxylation is 1. The van der Waals surface area contributed by atoms with Crippen molar-refractivity contribution in [1.82, 2.24) is 9.78 Å².